The van der Waals surface area contributed by atoms with Gasteiger partial charge in [-0.15, -0.1) is 0 Å². The number of thiocarbonyl (C=S) groups is 1. The van der Waals surface area contributed by atoms with Crippen LogP contribution in [0.25, 0.3) is 0 Å². The van der Waals surface area contributed by atoms with Gasteiger partial charge in [-0.1, -0.05) is 26.0 Å². The molecular weight excluding hydrogens is 394 g/mol. The number of amides is 1. The lowest BCUT2D eigenvalue weighted by atomic mass is 10.1. The minimum absolute atomic E-state index is 0.252. The predicted molar refractivity (Wildman–Crippen MR) is 124 cm³/mol. The van der Waals surface area contributed by atoms with E-state index in [0.29, 0.717) is 18.1 Å². The first-order valence-electron chi connectivity index (χ1n) is 9.82. The molecule has 0 fully saturated rings. The first kappa shape index (κ1) is 21.5. The first-order valence-corrected chi connectivity index (χ1v) is 10.2. The van der Waals surface area contributed by atoms with Crippen LogP contribution in [0.3, 0.4) is 0 Å². The van der Waals surface area contributed by atoms with Crippen LogP contribution in [0.5, 0.6) is 5.75 Å². The van der Waals surface area contributed by atoms with Gasteiger partial charge in [-0.3, -0.25) is 15.1 Å². The van der Waals surface area contributed by atoms with Crippen molar-refractivity contribution in [1.29, 1.82) is 0 Å². The van der Waals surface area contributed by atoms with Crippen molar-refractivity contribution in [1.82, 2.24) is 10.3 Å². The van der Waals surface area contributed by atoms with E-state index >= 15 is 0 Å². The molecule has 0 radical (unpaired) electrons. The van der Waals surface area contributed by atoms with Gasteiger partial charge in [0, 0.05) is 23.6 Å². The Hall–Kier alpha value is -3.25. The van der Waals surface area contributed by atoms with Gasteiger partial charge in [0.15, 0.2) is 5.11 Å². The molecule has 2 aromatic carbocycles. The second-order valence-electron chi connectivity index (χ2n) is 7.37. The number of anilines is 1. The summed E-state index contributed by atoms with van der Waals surface area (Å²) >= 11 is 5.27. The lowest BCUT2D eigenvalue weighted by molar-refractivity contribution is 0.0977. The molecule has 3 aromatic rings. The van der Waals surface area contributed by atoms with Gasteiger partial charge in [0.1, 0.15) is 5.75 Å². The van der Waals surface area contributed by atoms with E-state index in [1.165, 1.54) is 11.1 Å². The van der Waals surface area contributed by atoms with Gasteiger partial charge in [-0.05, 0) is 84.2 Å². The van der Waals surface area contributed by atoms with Crippen LogP contribution in [0.4, 0.5) is 5.69 Å². The van der Waals surface area contributed by atoms with Gasteiger partial charge in [0.2, 0.25) is 0 Å². The number of ether oxygens (including phenoxy) is 1. The fourth-order valence-corrected chi connectivity index (χ4v) is 2.96. The second kappa shape index (κ2) is 10.5. The number of hydrogen-bond donors (Lipinski definition) is 2. The van der Waals surface area contributed by atoms with Crippen molar-refractivity contribution in [2.45, 2.75) is 20.3 Å². The summed E-state index contributed by atoms with van der Waals surface area (Å²) in [7, 11) is 0. The lowest BCUT2D eigenvalue weighted by Gasteiger charge is -2.11. The summed E-state index contributed by atoms with van der Waals surface area (Å²) in [5.74, 6) is 0.922. The van der Waals surface area contributed by atoms with Gasteiger partial charge in [-0.2, -0.15) is 0 Å². The van der Waals surface area contributed by atoms with Gasteiger partial charge >= 0.3 is 0 Å². The zero-order valence-electron chi connectivity index (χ0n) is 17.1. The lowest BCUT2D eigenvalue weighted by Crippen LogP contribution is -2.34. The number of aromatic nitrogens is 1. The molecule has 6 heteroatoms. The average Bonchev–Trinajstić information content (AvgIpc) is 2.74. The standard InChI is InChI=1S/C24H25N3O2S/c1-17(2)16-29-22-9-5-20(6-10-22)23(28)27-24(30)26-21-7-3-18(4-8-21)15-19-11-13-25-14-12-19/h3-14,17H,15-16H2,1-2H3,(H2,26,27,28,30). The third-order valence-corrected chi connectivity index (χ3v) is 4.50. The molecule has 0 atom stereocenters. The Morgan fingerprint density at radius 1 is 0.967 bits per heavy atom. The van der Waals surface area contributed by atoms with E-state index in [2.05, 4.69) is 29.5 Å². The number of carbonyl (C=O) groups excluding carboxylic acids is 1. The summed E-state index contributed by atoms with van der Waals surface area (Å²) in [4.78, 5) is 16.4. The van der Waals surface area contributed by atoms with Crippen LogP contribution in [0.15, 0.2) is 73.1 Å². The largest absolute Gasteiger partial charge is 0.493 e. The van der Waals surface area contributed by atoms with E-state index < -0.39 is 0 Å². The molecule has 2 N–H and O–H groups in total. The Labute approximate surface area is 182 Å². The number of carbonyl (C=O) groups is 1. The summed E-state index contributed by atoms with van der Waals surface area (Å²) in [5.41, 5.74) is 3.72. The van der Waals surface area contributed by atoms with Crippen LogP contribution >= 0.6 is 12.2 Å². The Morgan fingerprint density at radius 2 is 1.60 bits per heavy atom. The number of rotatable bonds is 7. The van der Waals surface area contributed by atoms with Gasteiger partial charge in [0.25, 0.3) is 5.91 Å². The molecule has 0 aliphatic carbocycles. The van der Waals surface area contributed by atoms with E-state index in [9.17, 15) is 4.79 Å². The molecule has 1 aromatic heterocycles. The minimum Gasteiger partial charge on any atom is -0.493 e. The topological polar surface area (TPSA) is 63.2 Å². The summed E-state index contributed by atoms with van der Waals surface area (Å²) in [6.45, 7) is 4.81. The van der Waals surface area contributed by atoms with Crippen LogP contribution in [0.2, 0.25) is 0 Å². The second-order valence-corrected chi connectivity index (χ2v) is 7.77. The maximum Gasteiger partial charge on any atom is 0.257 e. The molecule has 30 heavy (non-hydrogen) atoms. The third-order valence-electron chi connectivity index (χ3n) is 4.30. The van der Waals surface area contributed by atoms with Crippen LogP contribution in [-0.2, 0) is 6.42 Å². The zero-order valence-corrected chi connectivity index (χ0v) is 17.9. The Bertz CT molecular complexity index is 972. The minimum atomic E-state index is -0.266. The molecule has 0 aliphatic heterocycles. The molecule has 0 spiro atoms. The smallest absolute Gasteiger partial charge is 0.257 e. The van der Waals surface area contributed by atoms with Crippen LogP contribution < -0.4 is 15.4 Å². The SMILES string of the molecule is CC(C)COc1ccc(C(=O)NC(=S)Nc2ccc(Cc3ccncc3)cc2)cc1. The number of hydrogen-bond acceptors (Lipinski definition) is 4. The van der Waals surface area contributed by atoms with Crippen LogP contribution in [0.1, 0.15) is 35.3 Å². The molecule has 3 rings (SSSR count). The summed E-state index contributed by atoms with van der Waals surface area (Å²) in [5, 5.41) is 6.00. The molecule has 1 amide bonds. The highest BCUT2D eigenvalue weighted by molar-refractivity contribution is 7.80. The highest BCUT2D eigenvalue weighted by Crippen LogP contribution is 2.15. The van der Waals surface area contributed by atoms with Crippen molar-refractivity contribution in [3.05, 3.63) is 89.7 Å². The fourth-order valence-electron chi connectivity index (χ4n) is 2.75. The first-order chi connectivity index (χ1) is 14.5. The van der Waals surface area contributed by atoms with Crippen molar-refractivity contribution in [2.24, 2.45) is 5.92 Å². The van der Waals surface area contributed by atoms with Crippen LogP contribution in [0, 0.1) is 5.92 Å². The fraction of sp³-hybridized carbons (Fsp3) is 0.208. The molecule has 5 nitrogen and oxygen atoms in total. The summed E-state index contributed by atoms with van der Waals surface area (Å²) in [6, 6.07) is 19.0. The average molecular weight is 420 g/mol. The van der Waals surface area contributed by atoms with Crippen molar-refractivity contribution in [2.75, 3.05) is 11.9 Å². The summed E-state index contributed by atoms with van der Waals surface area (Å²) in [6.07, 6.45) is 4.41. The Balaban J connectivity index is 1.50. The maximum absolute atomic E-state index is 12.4. The van der Waals surface area contributed by atoms with Crippen molar-refractivity contribution >= 4 is 28.9 Å². The molecule has 154 valence electrons. The monoisotopic (exact) mass is 419 g/mol. The third kappa shape index (κ3) is 6.67. The van der Waals surface area contributed by atoms with E-state index in [0.717, 1.165) is 17.9 Å². The zero-order chi connectivity index (χ0) is 21.3. The van der Waals surface area contributed by atoms with E-state index in [4.69, 9.17) is 17.0 Å². The molecule has 0 unspecified atom stereocenters. The highest BCUT2D eigenvalue weighted by atomic mass is 32.1. The Morgan fingerprint density at radius 3 is 2.23 bits per heavy atom. The number of nitrogens with one attached hydrogen (secondary N) is 2. The molecule has 0 saturated heterocycles. The van der Waals surface area contributed by atoms with Crippen molar-refractivity contribution < 1.29 is 9.53 Å². The molecule has 0 bridgehead atoms. The maximum atomic E-state index is 12.4. The van der Waals surface area contributed by atoms with Gasteiger partial charge in [-0.25, -0.2) is 0 Å². The Kier molecular flexibility index (Phi) is 7.51. The molecule has 0 aliphatic rings. The molecular formula is C24H25N3O2S. The van der Waals surface area contributed by atoms with Crippen molar-refractivity contribution in [3.63, 3.8) is 0 Å². The van der Waals surface area contributed by atoms with Gasteiger partial charge < -0.3 is 10.1 Å². The summed E-state index contributed by atoms with van der Waals surface area (Å²) < 4.78 is 5.64. The van der Waals surface area contributed by atoms with E-state index in [1.54, 1.807) is 36.7 Å². The number of nitrogens with zero attached hydrogens (tertiary/aromatic N) is 1. The normalized spacial score (nSPS) is 10.5. The van der Waals surface area contributed by atoms with Gasteiger partial charge in [0.05, 0.1) is 6.61 Å². The van der Waals surface area contributed by atoms with Crippen LogP contribution in [-0.4, -0.2) is 22.6 Å². The number of pyridine rings is 1. The molecule has 1 heterocycles. The quantitative estimate of drug-likeness (QED) is 0.537. The van der Waals surface area contributed by atoms with E-state index in [-0.39, 0.29) is 11.0 Å². The highest BCUT2D eigenvalue weighted by Gasteiger charge is 2.09. The van der Waals surface area contributed by atoms with E-state index in [1.807, 2.05) is 36.4 Å². The van der Waals surface area contributed by atoms with Crippen molar-refractivity contribution in [3.8, 4) is 5.75 Å². The molecule has 0 saturated carbocycles. The predicted octanol–water partition coefficient (Wildman–Crippen LogP) is 4.83. The number of benzene rings is 2.